The molecule has 2 aliphatic rings. The average Bonchev–Trinajstić information content (AvgIpc) is 2.92. The summed E-state index contributed by atoms with van der Waals surface area (Å²) in [7, 11) is 0. The molecule has 2 fully saturated rings. The highest BCUT2D eigenvalue weighted by Crippen LogP contribution is 2.28. The predicted octanol–water partition coefficient (Wildman–Crippen LogP) is 1.89. The number of halogens is 2. The van der Waals surface area contributed by atoms with Crippen molar-refractivity contribution < 1.29 is 18.4 Å². The Labute approximate surface area is 131 Å². The summed E-state index contributed by atoms with van der Waals surface area (Å²) in [5, 5.41) is 0. The number of carbonyl (C=O) groups is 2. The third kappa shape index (κ3) is 2.82. The van der Waals surface area contributed by atoms with Crippen LogP contribution in [0, 0.1) is 17.6 Å². The van der Waals surface area contributed by atoms with Crippen LogP contribution < -0.4 is 4.90 Å². The van der Waals surface area contributed by atoms with Crippen LogP contribution in [0.15, 0.2) is 18.2 Å². The van der Waals surface area contributed by atoms with Crippen molar-refractivity contribution in [2.24, 2.45) is 5.92 Å². The minimum absolute atomic E-state index is 0.143. The maximum absolute atomic E-state index is 13.3. The van der Waals surface area contributed by atoms with Gasteiger partial charge in [0.05, 0.1) is 0 Å². The van der Waals surface area contributed by atoms with Crippen LogP contribution in [0.25, 0.3) is 0 Å². The molecule has 2 amide bonds. The average molecular weight is 326 g/mol. The van der Waals surface area contributed by atoms with Crippen LogP contribution in [0.1, 0.15) is 6.42 Å². The Hall–Kier alpha value is -1.63. The maximum Gasteiger partial charge on any atom is 0.239 e. The van der Waals surface area contributed by atoms with E-state index in [2.05, 4.69) is 0 Å². The molecule has 2 saturated heterocycles. The molecule has 1 atom stereocenters. The van der Waals surface area contributed by atoms with Crippen molar-refractivity contribution in [1.82, 2.24) is 4.90 Å². The molecule has 2 heterocycles. The molecule has 0 saturated carbocycles. The summed E-state index contributed by atoms with van der Waals surface area (Å²) in [5.74, 6) is -1.33. The summed E-state index contributed by atoms with van der Waals surface area (Å²) in [6, 6.07) is 3.35. The van der Waals surface area contributed by atoms with Crippen molar-refractivity contribution in [2.75, 3.05) is 36.0 Å². The van der Waals surface area contributed by atoms with Gasteiger partial charge in [0.25, 0.3) is 0 Å². The number of hydrogen-bond donors (Lipinski definition) is 0. The Morgan fingerprint density at radius 3 is 2.55 bits per heavy atom. The number of nitrogens with zero attached hydrogens (tertiary/aromatic N) is 2. The summed E-state index contributed by atoms with van der Waals surface area (Å²) in [4.78, 5) is 28.0. The Bertz CT molecular complexity index is 605. The smallest absolute Gasteiger partial charge is 0.239 e. The van der Waals surface area contributed by atoms with Crippen molar-refractivity contribution in [2.45, 2.75) is 6.42 Å². The second-order valence-corrected chi connectivity index (χ2v) is 6.59. The van der Waals surface area contributed by atoms with E-state index in [4.69, 9.17) is 0 Å². The van der Waals surface area contributed by atoms with Gasteiger partial charge < -0.3 is 9.80 Å². The monoisotopic (exact) mass is 326 g/mol. The first-order valence-corrected chi connectivity index (χ1v) is 8.36. The Morgan fingerprint density at radius 2 is 1.86 bits per heavy atom. The van der Waals surface area contributed by atoms with E-state index in [-0.39, 0.29) is 11.8 Å². The van der Waals surface area contributed by atoms with Gasteiger partial charge in [-0.05, 0) is 18.6 Å². The van der Waals surface area contributed by atoms with Crippen LogP contribution in [-0.4, -0.2) is 47.9 Å². The summed E-state index contributed by atoms with van der Waals surface area (Å²) in [5.41, 5.74) is 0.299. The van der Waals surface area contributed by atoms with Gasteiger partial charge in [-0.3, -0.25) is 9.59 Å². The van der Waals surface area contributed by atoms with Crippen molar-refractivity contribution in [3.63, 3.8) is 0 Å². The fourth-order valence-corrected chi connectivity index (χ4v) is 3.73. The molecule has 0 spiro atoms. The predicted molar refractivity (Wildman–Crippen MR) is 80.7 cm³/mol. The van der Waals surface area contributed by atoms with Crippen molar-refractivity contribution >= 4 is 29.3 Å². The number of anilines is 1. The largest absolute Gasteiger partial charge is 0.340 e. The van der Waals surface area contributed by atoms with Gasteiger partial charge in [-0.1, -0.05) is 0 Å². The first kappa shape index (κ1) is 15.3. The Morgan fingerprint density at radius 1 is 1.14 bits per heavy atom. The zero-order valence-corrected chi connectivity index (χ0v) is 12.7. The molecular formula is C15H16F2N2O2S. The first-order valence-electron chi connectivity index (χ1n) is 7.21. The van der Waals surface area contributed by atoms with Gasteiger partial charge in [0.15, 0.2) is 11.6 Å². The zero-order valence-electron chi connectivity index (χ0n) is 11.9. The van der Waals surface area contributed by atoms with Gasteiger partial charge in [0.2, 0.25) is 11.8 Å². The molecule has 2 aliphatic heterocycles. The molecular weight excluding hydrogens is 310 g/mol. The van der Waals surface area contributed by atoms with Crippen LogP contribution in [0.3, 0.4) is 0 Å². The highest BCUT2D eigenvalue weighted by molar-refractivity contribution is 7.99. The Balaban J connectivity index is 1.73. The molecule has 1 aromatic carbocycles. The molecule has 0 aromatic heterocycles. The van der Waals surface area contributed by atoms with E-state index in [9.17, 15) is 18.4 Å². The van der Waals surface area contributed by atoms with E-state index >= 15 is 0 Å². The molecule has 0 aliphatic carbocycles. The topological polar surface area (TPSA) is 40.6 Å². The van der Waals surface area contributed by atoms with Crippen LogP contribution in [0.4, 0.5) is 14.5 Å². The number of amides is 2. The van der Waals surface area contributed by atoms with Crippen LogP contribution in [-0.2, 0) is 9.59 Å². The molecule has 0 radical (unpaired) electrons. The minimum atomic E-state index is -0.992. The van der Waals surface area contributed by atoms with Gasteiger partial charge in [0.1, 0.15) is 5.92 Å². The summed E-state index contributed by atoms with van der Waals surface area (Å²) in [6.07, 6.45) is 0.417. The lowest BCUT2D eigenvalue weighted by atomic mass is 10.1. The van der Waals surface area contributed by atoms with E-state index < -0.39 is 17.6 Å². The molecule has 22 heavy (non-hydrogen) atoms. The van der Waals surface area contributed by atoms with E-state index in [1.807, 2.05) is 0 Å². The molecule has 0 bridgehead atoms. The Kier molecular flexibility index (Phi) is 4.33. The fourth-order valence-electron chi connectivity index (χ4n) is 2.82. The third-order valence-corrected chi connectivity index (χ3v) is 4.98. The second kappa shape index (κ2) is 6.24. The third-order valence-electron chi connectivity index (χ3n) is 4.04. The molecule has 118 valence electrons. The molecule has 1 aromatic rings. The lowest BCUT2D eigenvalue weighted by Gasteiger charge is -2.28. The normalized spacial score (nSPS) is 22.3. The molecule has 0 N–H and O–H groups in total. The van der Waals surface area contributed by atoms with E-state index in [1.54, 1.807) is 16.7 Å². The number of benzene rings is 1. The van der Waals surface area contributed by atoms with Gasteiger partial charge in [-0.2, -0.15) is 11.8 Å². The molecule has 1 unspecified atom stereocenters. The van der Waals surface area contributed by atoms with Gasteiger partial charge in [0, 0.05) is 42.9 Å². The highest BCUT2D eigenvalue weighted by atomic mass is 32.2. The van der Waals surface area contributed by atoms with E-state index in [1.165, 1.54) is 11.0 Å². The van der Waals surface area contributed by atoms with Crippen LogP contribution in [0.5, 0.6) is 0 Å². The van der Waals surface area contributed by atoms with E-state index in [0.717, 1.165) is 23.6 Å². The van der Waals surface area contributed by atoms with Gasteiger partial charge in [-0.15, -0.1) is 0 Å². The number of rotatable bonds is 2. The fraction of sp³-hybridized carbons (Fsp3) is 0.467. The lowest BCUT2D eigenvalue weighted by molar-refractivity contribution is -0.139. The quantitative estimate of drug-likeness (QED) is 0.780. The molecule has 7 heteroatoms. The second-order valence-electron chi connectivity index (χ2n) is 5.37. The number of hydrogen-bond acceptors (Lipinski definition) is 3. The minimum Gasteiger partial charge on any atom is -0.340 e. The summed E-state index contributed by atoms with van der Waals surface area (Å²) < 4.78 is 26.3. The van der Waals surface area contributed by atoms with Gasteiger partial charge >= 0.3 is 0 Å². The lowest BCUT2D eigenvalue weighted by Crippen LogP contribution is -2.44. The first-order chi connectivity index (χ1) is 10.6. The van der Waals surface area contributed by atoms with Crippen LogP contribution >= 0.6 is 11.8 Å². The highest BCUT2D eigenvalue weighted by Gasteiger charge is 2.40. The number of thioether (sulfide) groups is 1. The zero-order chi connectivity index (χ0) is 15.7. The summed E-state index contributed by atoms with van der Waals surface area (Å²) in [6.45, 7) is 1.68. The number of carbonyl (C=O) groups excluding carboxylic acids is 2. The molecule has 4 nitrogen and oxygen atoms in total. The molecule has 3 rings (SSSR count). The summed E-state index contributed by atoms with van der Waals surface area (Å²) >= 11 is 1.79. The van der Waals surface area contributed by atoms with E-state index in [0.29, 0.717) is 31.7 Å². The standard InChI is InChI=1S/C15H16F2N2O2S/c16-12-2-1-10(9-13(12)17)19-4-3-11(15(19)21)14(20)18-5-7-22-8-6-18/h1-2,9,11H,3-8H2. The van der Waals surface area contributed by atoms with Crippen LogP contribution in [0.2, 0.25) is 0 Å². The van der Waals surface area contributed by atoms with Crippen molar-refractivity contribution in [3.8, 4) is 0 Å². The maximum atomic E-state index is 13.3. The van der Waals surface area contributed by atoms with Crippen molar-refractivity contribution in [1.29, 1.82) is 0 Å². The van der Waals surface area contributed by atoms with Crippen molar-refractivity contribution in [3.05, 3.63) is 29.8 Å². The van der Waals surface area contributed by atoms with Gasteiger partial charge in [-0.25, -0.2) is 8.78 Å². The SMILES string of the molecule is O=C(C1CCN(c2ccc(F)c(F)c2)C1=O)N1CCSCC1.